The normalized spacial score (nSPS) is 15.6. The monoisotopic (exact) mass is 336 g/mol. The molecular formula is C20H20N2O3. The van der Waals surface area contributed by atoms with E-state index in [0.29, 0.717) is 13.0 Å². The van der Waals surface area contributed by atoms with E-state index in [1.165, 1.54) is 5.56 Å². The maximum atomic E-state index is 12.3. The molecule has 0 fully saturated rings. The number of amides is 1. The average Bonchev–Trinajstić information content (AvgIpc) is 3.25. The second-order valence-corrected chi connectivity index (χ2v) is 6.18. The van der Waals surface area contributed by atoms with Crippen molar-refractivity contribution < 1.29 is 14.3 Å². The van der Waals surface area contributed by atoms with Gasteiger partial charge in [-0.2, -0.15) is 0 Å². The number of benzene rings is 2. The molecule has 1 amide bonds. The average molecular weight is 336 g/mol. The molecule has 0 bridgehead atoms. The molecule has 2 aromatic carbocycles. The number of para-hydroxylation sites is 1. The molecule has 25 heavy (non-hydrogen) atoms. The standard InChI is InChI=1S/C20H20N2O3/c1-24-15-6-7-16-14(12-22-17(16)11-15)8-9-21-20(23)19-10-13-4-2-3-5-18(13)25-19/h2-7,11-12,19,22H,8-10H2,1H3,(H,21,23). The topological polar surface area (TPSA) is 63.4 Å². The Kier molecular flexibility index (Phi) is 4.06. The molecule has 0 aliphatic carbocycles. The molecule has 0 saturated heterocycles. The third-order valence-electron chi connectivity index (χ3n) is 4.61. The van der Waals surface area contributed by atoms with Crippen molar-refractivity contribution in [1.82, 2.24) is 10.3 Å². The Morgan fingerprint density at radius 3 is 3.04 bits per heavy atom. The lowest BCUT2D eigenvalue weighted by Gasteiger charge is -2.11. The summed E-state index contributed by atoms with van der Waals surface area (Å²) in [7, 11) is 1.66. The van der Waals surface area contributed by atoms with E-state index in [1.807, 2.05) is 48.7 Å². The molecule has 1 aromatic heterocycles. The van der Waals surface area contributed by atoms with Gasteiger partial charge in [0.25, 0.3) is 5.91 Å². The lowest BCUT2D eigenvalue weighted by Crippen LogP contribution is -2.38. The minimum absolute atomic E-state index is 0.0577. The maximum Gasteiger partial charge on any atom is 0.261 e. The van der Waals surface area contributed by atoms with E-state index in [2.05, 4.69) is 10.3 Å². The van der Waals surface area contributed by atoms with Crippen LogP contribution in [-0.4, -0.2) is 30.6 Å². The van der Waals surface area contributed by atoms with Gasteiger partial charge in [-0.25, -0.2) is 0 Å². The van der Waals surface area contributed by atoms with E-state index < -0.39 is 6.10 Å². The Balaban J connectivity index is 1.35. The van der Waals surface area contributed by atoms with Crippen molar-refractivity contribution in [2.45, 2.75) is 18.9 Å². The molecule has 0 radical (unpaired) electrons. The summed E-state index contributed by atoms with van der Waals surface area (Å²) in [5, 5.41) is 4.13. The van der Waals surface area contributed by atoms with Crippen LogP contribution < -0.4 is 14.8 Å². The molecule has 5 heteroatoms. The van der Waals surface area contributed by atoms with E-state index in [9.17, 15) is 4.79 Å². The SMILES string of the molecule is COc1ccc2c(CCNC(=O)C3Cc4ccccc4O3)c[nH]c2c1. The zero-order valence-electron chi connectivity index (χ0n) is 14.0. The quantitative estimate of drug-likeness (QED) is 0.753. The second-order valence-electron chi connectivity index (χ2n) is 6.18. The van der Waals surface area contributed by atoms with Gasteiger partial charge in [0, 0.05) is 36.1 Å². The first-order valence-electron chi connectivity index (χ1n) is 8.41. The number of carbonyl (C=O) groups is 1. The van der Waals surface area contributed by atoms with Crippen LogP contribution in [-0.2, 0) is 17.6 Å². The summed E-state index contributed by atoms with van der Waals surface area (Å²) in [6.07, 6.45) is 2.95. The van der Waals surface area contributed by atoms with Gasteiger partial charge in [0.05, 0.1) is 7.11 Å². The lowest BCUT2D eigenvalue weighted by molar-refractivity contribution is -0.127. The van der Waals surface area contributed by atoms with Crippen LogP contribution in [0.15, 0.2) is 48.7 Å². The largest absolute Gasteiger partial charge is 0.497 e. The van der Waals surface area contributed by atoms with Crippen LogP contribution in [0.4, 0.5) is 0 Å². The molecule has 0 saturated carbocycles. The summed E-state index contributed by atoms with van der Waals surface area (Å²) in [6.45, 7) is 0.577. The third kappa shape index (κ3) is 3.05. The van der Waals surface area contributed by atoms with Crippen molar-refractivity contribution in [3.05, 3.63) is 59.8 Å². The Morgan fingerprint density at radius 2 is 2.20 bits per heavy atom. The number of methoxy groups -OCH3 is 1. The fourth-order valence-corrected chi connectivity index (χ4v) is 3.26. The van der Waals surface area contributed by atoms with Crippen LogP contribution in [0.5, 0.6) is 11.5 Å². The predicted octanol–water partition coefficient (Wildman–Crippen LogP) is 2.84. The van der Waals surface area contributed by atoms with Crippen molar-refractivity contribution in [2.75, 3.05) is 13.7 Å². The molecule has 1 atom stereocenters. The van der Waals surface area contributed by atoms with Crippen molar-refractivity contribution in [3.8, 4) is 11.5 Å². The predicted molar refractivity (Wildman–Crippen MR) is 96.1 cm³/mol. The second kappa shape index (κ2) is 6.51. The molecule has 4 rings (SSSR count). The highest BCUT2D eigenvalue weighted by Crippen LogP contribution is 2.28. The number of hydrogen-bond donors (Lipinski definition) is 2. The molecule has 1 unspecified atom stereocenters. The van der Waals surface area contributed by atoms with Gasteiger partial charge in [-0.3, -0.25) is 4.79 Å². The zero-order chi connectivity index (χ0) is 17.2. The number of rotatable bonds is 5. The molecule has 3 aromatic rings. The summed E-state index contributed by atoms with van der Waals surface area (Å²) >= 11 is 0. The van der Waals surface area contributed by atoms with Crippen LogP contribution in [0.3, 0.4) is 0 Å². The highest BCUT2D eigenvalue weighted by Gasteiger charge is 2.28. The Hall–Kier alpha value is -2.95. The molecule has 1 aliphatic rings. The Bertz CT molecular complexity index is 891. The zero-order valence-corrected chi connectivity index (χ0v) is 14.0. The van der Waals surface area contributed by atoms with Gasteiger partial charge in [0.15, 0.2) is 6.10 Å². The van der Waals surface area contributed by atoms with E-state index in [4.69, 9.17) is 9.47 Å². The Morgan fingerprint density at radius 1 is 1.32 bits per heavy atom. The Labute approximate surface area is 146 Å². The summed E-state index contributed by atoms with van der Waals surface area (Å²) < 4.78 is 11.0. The summed E-state index contributed by atoms with van der Waals surface area (Å²) in [5.41, 5.74) is 3.30. The number of aromatic amines is 1. The molecule has 2 heterocycles. The van der Waals surface area contributed by atoms with E-state index in [1.54, 1.807) is 7.11 Å². The van der Waals surface area contributed by atoms with Crippen molar-refractivity contribution in [2.24, 2.45) is 0 Å². The van der Waals surface area contributed by atoms with Crippen molar-refractivity contribution in [3.63, 3.8) is 0 Å². The molecule has 128 valence electrons. The highest BCUT2D eigenvalue weighted by molar-refractivity contribution is 5.85. The number of fused-ring (bicyclic) bond motifs is 2. The van der Waals surface area contributed by atoms with Gasteiger partial charge in [-0.15, -0.1) is 0 Å². The highest BCUT2D eigenvalue weighted by atomic mass is 16.5. The van der Waals surface area contributed by atoms with E-state index in [-0.39, 0.29) is 5.91 Å². The minimum atomic E-state index is -0.426. The molecule has 2 N–H and O–H groups in total. The smallest absolute Gasteiger partial charge is 0.261 e. The van der Waals surface area contributed by atoms with E-state index >= 15 is 0 Å². The number of H-pyrrole nitrogens is 1. The number of ether oxygens (including phenoxy) is 2. The number of aromatic nitrogens is 1. The number of carbonyl (C=O) groups excluding carboxylic acids is 1. The van der Waals surface area contributed by atoms with Crippen molar-refractivity contribution >= 4 is 16.8 Å². The van der Waals surface area contributed by atoms with Gasteiger partial charge in [-0.05, 0) is 35.7 Å². The summed E-state index contributed by atoms with van der Waals surface area (Å²) in [4.78, 5) is 15.6. The molecule has 5 nitrogen and oxygen atoms in total. The lowest BCUT2D eigenvalue weighted by atomic mass is 10.1. The first kappa shape index (κ1) is 15.6. The van der Waals surface area contributed by atoms with Gasteiger partial charge >= 0.3 is 0 Å². The minimum Gasteiger partial charge on any atom is -0.497 e. The van der Waals surface area contributed by atoms with Gasteiger partial charge in [0.1, 0.15) is 11.5 Å². The molecule has 0 spiro atoms. The van der Waals surface area contributed by atoms with Crippen LogP contribution in [0.1, 0.15) is 11.1 Å². The van der Waals surface area contributed by atoms with Crippen molar-refractivity contribution in [1.29, 1.82) is 0 Å². The molecule has 1 aliphatic heterocycles. The maximum absolute atomic E-state index is 12.3. The van der Waals surface area contributed by atoms with Crippen LogP contribution in [0.25, 0.3) is 10.9 Å². The summed E-state index contributed by atoms with van der Waals surface area (Å²) in [6, 6.07) is 13.8. The van der Waals surface area contributed by atoms with Gasteiger partial charge in [-0.1, -0.05) is 18.2 Å². The van der Waals surface area contributed by atoms with Crippen LogP contribution in [0, 0.1) is 0 Å². The van der Waals surface area contributed by atoms with Crippen LogP contribution in [0.2, 0.25) is 0 Å². The van der Waals surface area contributed by atoms with Gasteiger partial charge < -0.3 is 19.8 Å². The third-order valence-corrected chi connectivity index (χ3v) is 4.61. The fraction of sp³-hybridized carbons (Fsp3) is 0.250. The fourth-order valence-electron chi connectivity index (χ4n) is 3.26. The number of nitrogens with one attached hydrogen (secondary N) is 2. The first-order valence-corrected chi connectivity index (χ1v) is 8.41. The molecular weight excluding hydrogens is 316 g/mol. The number of hydrogen-bond acceptors (Lipinski definition) is 3. The summed E-state index contributed by atoms with van der Waals surface area (Å²) in [5.74, 6) is 1.58. The van der Waals surface area contributed by atoms with Gasteiger partial charge in [0.2, 0.25) is 0 Å². The van der Waals surface area contributed by atoms with Crippen LogP contribution >= 0.6 is 0 Å². The first-order chi connectivity index (χ1) is 12.2. The van der Waals surface area contributed by atoms with E-state index in [0.717, 1.165) is 34.4 Å².